The zero-order valence-corrected chi connectivity index (χ0v) is 21.1. The number of fused-ring (bicyclic) bond motifs is 1. The van der Waals surface area contributed by atoms with Crippen LogP contribution in [0.4, 0.5) is 5.69 Å². The van der Waals surface area contributed by atoms with Gasteiger partial charge in [-0.25, -0.2) is 8.42 Å². The van der Waals surface area contributed by atoms with Crippen LogP contribution >= 0.6 is 0 Å². The predicted octanol–water partition coefficient (Wildman–Crippen LogP) is 2.26. The van der Waals surface area contributed by atoms with Crippen molar-refractivity contribution in [3.05, 3.63) is 59.7 Å². The smallest absolute Gasteiger partial charge is 0.310 e. The van der Waals surface area contributed by atoms with Gasteiger partial charge in [-0.05, 0) is 61.9 Å². The number of nitrogens with zero attached hydrogens (tertiary/aromatic N) is 1. The Hall–Kier alpha value is -3.24. The van der Waals surface area contributed by atoms with Crippen LogP contribution in [0, 0.1) is 5.92 Å². The molecular weight excluding hydrogens is 482 g/mol. The molecule has 9 nitrogen and oxygen atoms in total. The number of hydrogen-bond donors (Lipinski definition) is 2. The lowest BCUT2D eigenvalue weighted by Crippen LogP contribution is -2.53. The standard InChI is InChI=1S/C26H31N3O6S/c1-2-35-26(32)20-9-6-14-29(17-20)25(31)23(15-18-7-4-3-5-8-18)28-36(33,34)21-11-12-22-19(16-21)10-13-24(30)27-22/h3-5,7-8,11-12,16,20,23,28H,2,6,9-10,13-15,17H2,1H3,(H,27,30)/t20-,23+/m1/s1. The second-order valence-corrected chi connectivity index (χ2v) is 10.8. The molecule has 0 aromatic heterocycles. The molecule has 0 saturated carbocycles. The molecule has 2 atom stereocenters. The molecule has 0 radical (unpaired) electrons. The van der Waals surface area contributed by atoms with E-state index in [2.05, 4.69) is 10.0 Å². The highest BCUT2D eigenvalue weighted by molar-refractivity contribution is 7.89. The highest BCUT2D eigenvalue weighted by Gasteiger charge is 2.35. The Balaban J connectivity index is 1.57. The first kappa shape index (κ1) is 25.8. The number of hydrogen-bond acceptors (Lipinski definition) is 6. The molecule has 10 heteroatoms. The Kier molecular flexibility index (Phi) is 8.05. The predicted molar refractivity (Wildman–Crippen MR) is 134 cm³/mol. The molecule has 1 fully saturated rings. The summed E-state index contributed by atoms with van der Waals surface area (Å²) in [5.74, 6) is -1.24. The van der Waals surface area contributed by atoms with Gasteiger partial charge in [-0.1, -0.05) is 30.3 Å². The van der Waals surface area contributed by atoms with Gasteiger partial charge in [0.15, 0.2) is 0 Å². The summed E-state index contributed by atoms with van der Waals surface area (Å²) in [7, 11) is -4.05. The van der Waals surface area contributed by atoms with E-state index in [0.717, 1.165) is 11.1 Å². The fourth-order valence-corrected chi connectivity index (χ4v) is 5.90. The Labute approximate surface area is 211 Å². The molecule has 4 rings (SSSR count). The van der Waals surface area contributed by atoms with Gasteiger partial charge >= 0.3 is 5.97 Å². The van der Waals surface area contributed by atoms with Crippen LogP contribution in [0.25, 0.3) is 0 Å². The molecule has 2 aliphatic heterocycles. The average molecular weight is 514 g/mol. The monoisotopic (exact) mass is 513 g/mol. The lowest BCUT2D eigenvalue weighted by atomic mass is 9.97. The average Bonchev–Trinajstić information content (AvgIpc) is 2.88. The molecular formula is C26H31N3O6S. The van der Waals surface area contributed by atoms with Crippen molar-refractivity contribution in [2.45, 2.75) is 50.0 Å². The van der Waals surface area contributed by atoms with E-state index in [4.69, 9.17) is 4.74 Å². The molecule has 0 bridgehead atoms. The Morgan fingerprint density at radius 2 is 1.94 bits per heavy atom. The van der Waals surface area contributed by atoms with E-state index in [1.54, 1.807) is 24.0 Å². The van der Waals surface area contributed by atoms with Crippen LogP contribution < -0.4 is 10.0 Å². The number of aryl methyl sites for hydroxylation is 1. The highest BCUT2D eigenvalue weighted by atomic mass is 32.2. The number of amides is 2. The van der Waals surface area contributed by atoms with Crippen LogP contribution in [0.3, 0.4) is 0 Å². The summed E-state index contributed by atoms with van der Waals surface area (Å²) in [4.78, 5) is 39.1. The van der Waals surface area contributed by atoms with E-state index >= 15 is 0 Å². The van der Waals surface area contributed by atoms with Crippen LogP contribution in [-0.2, 0) is 42.0 Å². The third-order valence-electron chi connectivity index (χ3n) is 6.51. The first-order valence-electron chi connectivity index (χ1n) is 12.2. The van der Waals surface area contributed by atoms with Crippen molar-refractivity contribution in [2.75, 3.05) is 25.0 Å². The summed E-state index contributed by atoms with van der Waals surface area (Å²) in [6.45, 7) is 2.65. The Bertz CT molecular complexity index is 1230. The molecule has 2 aromatic carbocycles. The Morgan fingerprint density at radius 3 is 2.69 bits per heavy atom. The number of carbonyl (C=O) groups is 3. The van der Waals surface area contributed by atoms with Gasteiger partial charge in [0.05, 0.1) is 17.4 Å². The lowest BCUT2D eigenvalue weighted by molar-refractivity contribution is -0.151. The van der Waals surface area contributed by atoms with E-state index in [1.807, 2.05) is 30.3 Å². The van der Waals surface area contributed by atoms with Gasteiger partial charge in [-0.2, -0.15) is 4.72 Å². The van der Waals surface area contributed by atoms with Crippen LogP contribution in [0.5, 0.6) is 0 Å². The number of piperidine rings is 1. The third kappa shape index (κ3) is 6.11. The van der Waals surface area contributed by atoms with Crippen LogP contribution in [-0.4, -0.2) is 56.8 Å². The van der Waals surface area contributed by atoms with Crippen molar-refractivity contribution in [1.29, 1.82) is 0 Å². The zero-order chi connectivity index (χ0) is 25.7. The number of sulfonamides is 1. The molecule has 2 amide bonds. The molecule has 0 aliphatic carbocycles. The van der Waals surface area contributed by atoms with Gasteiger partial charge in [0.25, 0.3) is 0 Å². The molecule has 0 unspecified atom stereocenters. The summed E-state index contributed by atoms with van der Waals surface area (Å²) in [5, 5.41) is 2.74. The van der Waals surface area contributed by atoms with E-state index in [-0.39, 0.29) is 48.7 Å². The van der Waals surface area contributed by atoms with Crippen LogP contribution in [0.2, 0.25) is 0 Å². The molecule has 2 aromatic rings. The van der Waals surface area contributed by atoms with E-state index in [9.17, 15) is 22.8 Å². The van der Waals surface area contributed by atoms with Gasteiger partial charge in [0.2, 0.25) is 21.8 Å². The minimum atomic E-state index is -4.05. The minimum absolute atomic E-state index is 0.0336. The number of benzene rings is 2. The van der Waals surface area contributed by atoms with Gasteiger partial charge < -0.3 is 15.0 Å². The first-order chi connectivity index (χ1) is 17.3. The summed E-state index contributed by atoms with van der Waals surface area (Å²) in [5.41, 5.74) is 2.14. The van der Waals surface area contributed by atoms with Crippen molar-refractivity contribution >= 4 is 33.5 Å². The number of carbonyl (C=O) groups excluding carboxylic acids is 3. The molecule has 1 saturated heterocycles. The number of rotatable bonds is 8. The minimum Gasteiger partial charge on any atom is -0.466 e. The van der Waals surface area contributed by atoms with Gasteiger partial charge in [-0.3, -0.25) is 14.4 Å². The lowest BCUT2D eigenvalue weighted by Gasteiger charge is -2.34. The summed E-state index contributed by atoms with van der Waals surface area (Å²) in [6.07, 6.45) is 2.16. The zero-order valence-electron chi connectivity index (χ0n) is 20.2. The van der Waals surface area contributed by atoms with Crippen molar-refractivity contribution in [3.8, 4) is 0 Å². The SMILES string of the molecule is CCOC(=O)[C@@H]1CCCN(C(=O)[C@H](Cc2ccccc2)NS(=O)(=O)c2ccc3c(c2)CCC(=O)N3)C1. The van der Waals surface area contributed by atoms with Crippen molar-refractivity contribution in [1.82, 2.24) is 9.62 Å². The summed E-state index contributed by atoms with van der Waals surface area (Å²) >= 11 is 0. The number of likely N-dealkylation sites (tertiary alicyclic amines) is 1. The first-order valence-corrected chi connectivity index (χ1v) is 13.7. The van der Waals surface area contributed by atoms with Crippen LogP contribution in [0.15, 0.2) is 53.4 Å². The summed E-state index contributed by atoms with van der Waals surface area (Å²) in [6, 6.07) is 12.7. The summed E-state index contributed by atoms with van der Waals surface area (Å²) < 4.78 is 34.5. The maximum Gasteiger partial charge on any atom is 0.310 e. The fourth-order valence-electron chi connectivity index (χ4n) is 4.66. The van der Waals surface area contributed by atoms with E-state index in [0.29, 0.717) is 31.5 Å². The number of esters is 1. The van der Waals surface area contributed by atoms with Crippen molar-refractivity contribution in [3.63, 3.8) is 0 Å². The van der Waals surface area contributed by atoms with Crippen LogP contribution in [0.1, 0.15) is 37.3 Å². The molecule has 192 valence electrons. The number of anilines is 1. The Morgan fingerprint density at radius 1 is 1.17 bits per heavy atom. The molecule has 2 aliphatic rings. The second kappa shape index (κ2) is 11.2. The molecule has 0 spiro atoms. The fraction of sp³-hybridized carbons (Fsp3) is 0.423. The quantitative estimate of drug-likeness (QED) is 0.522. The topological polar surface area (TPSA) is 122 Å². The van der Waals surface area contributed by atoms with E-state index < -0.39 is 22.0 Å². The molecule has 2 heterocycles. The molecule has 2 N–H and O–H groups in total. The number of nitrogens with one attached hydrogen (secondary N) is 2. The van der Waals surface area contributed by atoms with E-state index in [1.165, 1.54) is 6.07 Å². The normalized spacial score (nSPS) is 18.6. The van der Waals surface area contributed by atoms with Gasteiger partial charge in [0.1, 0.15) is 6.04 Å². The van der Waals surface area contributed by atoms with Gasteiger partial charge in [0, 0.05) is 25.2 Å². The highest BCUT2D eigenvalue weighted by Crippen LogP contribution is 2.26. The van der Waals surface area contributed by atoms with Crippen molar-refractivity contribution in [2.24, 2.45) is 5.92 Å². The largest absolute Gasteiger partial charge is 0.466 e. The van der Waals surface area contributed by atoms with Gasteiger partial charge in [-0.15, -0.1) is 0 Å². The van der Waals surface area contributed by atoms with Crippen molar-refractivity contribution < 1.29 is 27.5 Å². The number of ether oxygens (including phenoxy) is 1. The third-order valence-corrected chi connectivity index (χ3v) is 7.98. The second-order valence-electron chi connectivity index (χ2n) is 9.11. The maximum absolute atomic E-state index is 13.6. The molecule has 36 heavy (non-hydrogen) atoms. The maximum atomic E-state index is 13.6.